The number of rotatable bonds is 0. The first-order valence-electron chi connectivity index (χ1n) is 1.32. The molecule has 0 aromatic heterocycles. The van der Waals surface area contributed by atoms with Gasteiger partial charge in [-0.25, -0.2) is 18.6 Å². The molecule has 0 bridgehead atoms. The van der Waals surface area contributed by atoms with E-state index in [4.69, 9.17) is 36.2 Å². The summed E-state index contributed by atoms with van der Waals surface area (Å²) in [4.78, 5) is 0. The summed E-state index contributed by atoms with van der Waals surface area (Å²) < 4.78 is 65.6. The van der Waals surface area contributed by atoms with Crippen LogP contribution < -0.4 is 70.0 Å². The van der Waals surface area contributed by atoms with Gasteiger partial charge >= 0.3 is 61.8 Å². The molecule has 0 saturated carbocycles. The van der Waals surface area contributed by atoms with Gasteiger partial charge in [0.2, 0.25) is 0 Å². The van der Waals surface area contributed by atoms with E-state index >= 15 is 0 Å². The largest absolute Gasteiger partial charge is 1.00 e. The van der Waals surface area contributed by atoms with Crippen LogP contribution in [0.25, 0.3) is 0 Å². The second-order valence-corrected chi connectivity index (χ2v) is 2.48. The summed E-state index contributed by atoms with van der Waals surface area (Å²) in [5.74, 6) is 0. The molecule has 0 aliphatic carbocycles. The Labute approximate surface area is 107 Å². The molecule has 11 heteroatoms. The molecule has 0 radical (unpaired) electrons. The van der Waals surface area contributed by atoms with Crippen LogP contribution in [0.2, 0.25) is 0 Å². The van der Waals surface area contributed by atoms with E-state index in [0.29, 0.717) is 0 Å². The van der Waals surface area contributed by atoms with Gasteiger partial charge in [-0.05, 0) is 0 Å². The standard InChI is InChI=1S/ClHO4.K.H2O4S/c2-1(3,4)5;;1-5(2,3)4/h(H,2,3,4,5);;(H2,1,2,3,4)/q;+1;/p-1. The molecule has 0 aliphatic heterocycles. The Morgan fingerprint density at radius 2 is 1.00 bits per heavy atom. The summed E-state index contributed by atoms with van der Waals surface area (Å²) in [6.45, 7) is 0. The maximum absolute atomic E-state index is 8.74. The first-order valence-corrected chi connectivity index (χ1v) is 3.95. The van der Waals surface area contributed by atoms with Crippen molar-refractivity contribution in [3.63, 3.8) is 0 Å². The maximum Gasteiger partial charge on any atom is 1.00 e. The smallest absolute Gasteiger partial charge is 0.264 e. The summed E-state index contributed by atoms with van der Waals surface area (Å²) in [5.41, 5.74) is 0. The van der Waals surface area contributed by atoms with E-state index in [9.17, 15) is 0 Å². The van der Waals surface area contributed by atoms with Crippen LogP contribution in [0.5, 0.6) is 0 Å². The minimum atomic E-state index is -4.94. The molecule has 0 aromatic rings. The fourth-order valence-corrected chi connectivity index (χ4v) is 0. The minimum Gasteiger partial charge on any atom is -0.264 e. The van der Waals surface area contributed by atoms with E-state index in [1.54, 1.807) is 0 Å². The molecular formula is H2ClKO8S. The Hall–Kier alpha value is 1.64. The Kier molecular flexibility index (Phi) is 11.9. The van der Waals surface area contributed by atoms with Crippen LogP contribution in [0.3, 0.4) is 0 Å². The van der Waals surface area contributed by atoms with Gasteiger partial charge in [0.15, 0.2) is 0 Å². The first-order chi connectivity index (χ1) is 4.00. The van der Waals surface area contributed by atoms with Gasteiger partial charge in [-0.15, -0.1) is 10.2 Å². The molecular weight excluding hydrogens is 235 g/mol. The summed E-state index contributed by atoms with van der Waals surface area (Å²) in [7, 11) is -9.61. The average Bonchev–Trinajstić information content (AvgIpc) is 1.12. The van der Waals surface area contributed by atoms with Crippen LogP contribution in [0, 0.1) is 10.2 Å². The summed E-state index contributed by atoms with van der Waals surface area (Å²) in [6.07, 6.45) is 0. The van der Waals surface area contributed by atoms with E-state index in [-0.39, 0.29) is 51.4 Å². The molecule has 0 rings (SSSR count). The Morgan fingerprint density at radius 1 is 1.00 bits per heavy atom. The first kappa shape index (κ1) is 18.4. The second kappa shape index (κ2) is 7.08. The Morgan fingerprint density at radius 3 is 1.00 bits per heavy atom. The van der Waals surface area contributed by atoms with Crippen LogP contribution in [-0.2, 0) is 10.4 Å². The fraction of sp³-hybridized carbons (Fsp3) is 0. The molecule has 64 valence electrons. The average molecular weight is 237 g/mol. The molecule has 0 heterocycles. The summed E-state index contributed by atoms with van der Waals surface area (Å²) in [5, 5.41) is 0. The van der Waals surface area contributed by atoms with Gasteiger partial charge in [-0.3, -0.25) is 9.11 Å². The summed E-state index contributed by atoms with van der Waals surface area (Å²) in [6, 6.07) is 0. The van der Waals surface area contributed by atoms with Crippen molar-refractivity contribution >= 4 is 10.4 Å². The van der Waals surface area contributed by atoms with Crippen molar-refractivity contribution in [3.8, 4) is 0 Å². The Balaban J connectivity index is -0.000000107. The predicted molar refractivity (Wildman–Crippen MR) is 14.2 cm³/mol. The second-order valence-electron chi connectivity index (χ2n) is 0.826. The van der Waals surface area contributed by atoms with Crippen molar-refractivity contribution < 1.29 is 97.8 Å². The summed E-state index contributed by atoms with van der Waals surface area (Å²) >= 11 is 0. The van der Waals surface area contributed by atoms with Crippen LogP contribution in [-0.4, -0.2) is 17.5 Å². The van der Waals surface area contributed by atoms with Crippen molar-refractivity contribution in [2.24, 2.45) is 0 Å². The minimum absolute atomic E-state index is 0. The van der Waals surface area contributed by atoms with E-state index in [0.717, 1.165) is 0 Å². The molecule has 2 N–H and O–H groups in total. The number of halogens is 1. The number of hydrogen-bond acceptors (Lipinski definition) is 6. The van der Waals surface area contributed by atoms with Crippen molar-refractivity contribution in [1.29, 1.82) is 0 Å². The van der Waals surface area contributed by atoms with Crippen LogP contribution in [0.4, 0.5) is 0 Å². The molecule has 0 aromatic carbocycles. The molecule has 0 aliphatic rings. The zero-order valence-electron chi connectivity index (χ0n) is 5.13. The van der Waals surface area contributed by atoms with Gasteiger partial charge in [0, 0.05) is 0 Å². The monoisotopic (exact) mass is 236 g/mol. The van der Waals surface area contributed by atoms with Crippen molar-refractivity contribution in [1.82, 2.24) is 0 Å². The third-order valence-corrected chi connectivity index (χ3v) is 0. The van der Waals surface area contributed by atoms with E-state index in [1.165, 1.54) is 0 Å². The molecule has 11 heavy (non-hydrogen) atoms. The van der Waals surface area contributed by atoms with Gasteiger partial charge in [-0.1, -0.05) is 0 Å². The molecule has 0 saturated heterocycles. The number of hydrogen-bond donors (Lipinski definition) is 2. The van der Waals surface area contributed by atoms with Crippen molar-refractivity contribution in [2.45, 2.75) is 0 Å². The predicted octanol–water partition coefficient (Wildman–Crippen LogP) is -8.40. The molecule has 0 spiro atoms. The zero-order chi connectivity index (χ0) is 9.00. The van der Waals surface area contributed by atoms with E-state index < -0.39 is 20.6 Å². The van der Waals surface area contributed by atoms with Gasteiger partial charge < -0.3 is 0 Å². The third kappa shape index (κ3) is 404. The Bertz CT molecular complexity index is 149. The van der Waals surface area contributed by atoms with Crippen molar-refractivity contribution in [2.75, 3.05) is 0 Å². The SMILES string of the molecule is O=S(=O)(O)O.[K+].[O-][Cl+3]([O-])([O-])[O-]. The van der Waals surface area contributed by atoms with Crippen molar-refractivity contribution in [3.05, 3.63) is 0 Å². The topological polar surface area (TPSA) is 167 Å². The van der Waals surface area contributed by atoms with Gasteiger partial charge in [0.1, 0.15) is 0 Å². The van der Waals surface area contributed by atoms with Gasteiger partial charge in [-0.2, -0.15) is 8.42 Å². The zero-order valence-corrected chi connectivity index (χ0v) is 9.83. The molecule has 0 fully saturated rings. The third-order valence-electron chi connectivity index (χ3n) is 0. The fourth-order valence-electron chi connectivity index (χ4n) is 0. The van der Waals surface area contributed by atoms with Gasteiger partial charge in [0.05, 0.1) is 0 Å². The van der Waals surface area contributed by atoms with Crippen LogP contribution in [0.15, 0.2) is 0 Å². The van der Waals surface area contributed by atoms with Crippen LogP contribution >= 0.6 is 0 Å². The van der Waals surface area contributed by atoms with Gasteiger partial charge in [0.25, 0.3) is 0 Å². The molecule has 0 unspecified atom stereocenters. The normalized spacial score (nSPS) is 10.7. The van der Waals surface area contributed by atoms with Crippen LogP contribution in [0.1, 0.15) is 0 Å². The maximum atomic E-state index is 8.74. The quantitative estimate of drug-likeness (QED) is 0.309. The molecule has 0 atom stereocenters. The molecule has 8 nitrogen and oxygen atoms in total. The van der Waals surface area contributed by atoms with E-state index in [1.807, 2.05) is 0 Å². The van der Waals surface area contributed by atoms with E-state index in [2.05, 4.69) is 0 Å². The molecule has 0 amide bonds.